The van der Waals surface area contributed by atoms with Crippen molar-refractivity contribution in [3.05, 3.63) is 56.5 Å². The number of halogens is 3. The molecule has 0 aliphatic carbocycles. The molecule has 1 atom stereocenters. The fourth-order valence-electron chi connectivity index (χ4n) is 2.34. The van der Waals surface area contributed by atoms with Crippen LogP contribution >= 0.6 is 34.8 Å². The van der Waals surface area contributed by atoms with Crippen LogP contribution in [0.5, 0.6) is 11.5 Å². The van der Waals surface area contributed by atoms with Gasteiger partial charge < -0.3 is 19.9 Å². The van der Waals surface area contributed by atoms with Crippen molar-refractivity contribution < 1.29 is 14.6 Å². The van der Waals surface area contributed by atoms with E-state index in [2.05, 4.69) is 5.32 Å². The summed E-state index contributed by atoms with van der Waals surface area (Å²) in [5.41, 5.74) is 1.74. The predicted molar refractivity (Wildman–Crippen MR) is 107 cm³/mol. The number of aliphatic hydroxyl groups is 1. The zero-order chi connectivity index (χ0) is 19.1. The number of benzene rings is 2. The van der Waals surface area contributed by atoms with Gasteiger partial charge in [-0.25, -0.2) is 0 Å². The Balaban J connectivity index is 2.15. The first-order valence-electron chi connectivity index (χ1n) is 8.31. The number of ether oxygens (including phenoxy) is 2. The van der Waals surface area contributed by atoms with Gasteiger partial charge in [0.1, 0.15) is 6.61 Å². The Morgan fingerprint density at radius 3 is 2.50 bits per heavy atom. The number of hydrogen-bond donors (Lipinski definition) is 2. The van der Waals surface area contributed by atoms with Crippen molar-refractivity contribution in [3.63, 3.8) is 0 Å². The van der Waals surface area contributed by atoms with Gasteiger partial charge in [0, 0.05) is 28.7 Å². The van der Waals surface area contributed by atoms with E-state index in [0.29, 0.717) is 46.3 Å². The van der Waals surface area contributed by atoms with Gasteiger partial charge in [0.2, 0.25) is 0 Å². The Bertz CT molecular complexity index is 738. The van der Waals surface area contributed by atoms with E-state index in [0.717, 1.165) is 11.1 Å². The summed E-state index contributed by atoms with van der Waals surface area (Å²) in [6.45, 7) is 5.41. The monoisotopic (exact) mass is 417 g/mol. The second-order valence-electron chi connectivity index (χ2n) is 5.84. The molecule has 0 saturated carbocycles. The Labute approximate surface area is 169 Å². The lowest BCUT2D eigenvalue weighted by atomic mass is 10.2. The van der Waals surface area contributed by atoms with Crippen LogP contribution in [-0.4, -0.2) is 24.4 Å². The normalized spacial score (nSPS) is 12.1. The quantitative estimate of drug-likeness (QED) is 0.595. The summed E-state index contributed by atoms with van der Waals surface area (Å²) < 4.78 is 11.6. The third kappa shape index (κ3) is 6.22. The highest BCUT2D eigenvalue weighted by Gasteiger charge is 2.14. The van der Waals surface area contributed by atoms with Crippen LogP contribution in [0.2, 0.25) is 15.1 Å². The third-order valence-corrected chi connectivity index (χ3v) is 4.39. The molecule has 2 aromatic carbocycles. The Morgan fingerprint density at radius 1 is 1.08 bits per heavy atom. The van der Waals surface area contributed by atoms with Crippen LogP contribution in [-0.2, 0) is 13.2 Å². The summed E-state index contributed by atoms with van der Waals surface area (Å²) in [6.07, 6.45) is -0.413. The predicted octanol–water partition coefficient (Wildman–Crippen LogP) is 5.09. The highest BCUT2D eigenvalue weighted by atomic mass is 35.5. The summed E-state index contributed by atoms with van der Waals surface area (Å²) in [5.74, 6) is 1.04. The average Bonchev–Trinajstić information content (AvgIpc) is 2.55. The van der Waals surface area contributed by atoms with E-state index < -0.39 is 6.10 Å². The van der Waals surface area contributed by atoms with Crippen LogP contribution < -0.4 is 14.8 Å². The highest BCUT2D eigenvalue weighted by Crippen LogP contribution is 2.37. The lowest BCUT2D eigenvalue weighted by Gasteiger charge is -2.16. The fraction of sp³-hybridized carbons (Fsp3) is 0.368. The van der Waals surface area contributed by atoms with Crippen LogP contribution in [0, 0.1) is 0 Å². The van der Waals surface area contributed by atoms with Gasteiger partial charge in [0.15, 0.2) is 11.5 Å². The second-order valence-corrected chi connectivity index (χ2v) is 7.09. The maximum Gasteiger partial charge on any atom is 0.180 e. The first-order chi connectivity index (χ1) is 12.4. The van der Waals surface area contributed by atoms with Crippen molar-refractivity contribution in [1.82, 2.24) is 5.32 Å². The van der Waals surface area contributed by atoms with Gasteiger partial charge in [-0.3, -0.25) is 0 Å². The minimum atomic E-state index is -0.413. The van der Waals surface area contributed by atoms with Crippen LogP contribution in [0.15, 0.2) is 30.3 Å². The van der Waals surface area contributed by atoms with Crippen molar-refractivity contribution in [1.29, 1.82) is 0 Å². The second kappa shape index (κ2) is 10.2. The molecule has 0 heterocycles. The maximum atomic E-state index is 9.33. The van der Waals surface area contributed by atoms with Crippen molar-refractivity contribution in [2.24, 2.45) is 0 Å². The largest absolute Gasteiger partial charge is 0.490 e. The van der Waals surface area contributed by atoms with Crippen molar-refractivity contribution in [2.75, 3.05) is 13.2 Å². The van der Waals surface area contributed by atoms with E-state index in [1.165, 1.54) is 0 Å². The molecule has 0 radical (unpaired) electrons. The van der Waals surface area contributed by atoms with E-state index in [4.69, 9.17) is 44.3 Å². The zero-order valence-electron chi connectivity index (χ0n) is 14.7. The molecule has 0 amide bonds. The molecule has 0 unspecified atom stereocenters. The molecule has 7 heteroatoms. The van der Waals surface area contributed by atoms with Crippen molar-refractivity contribution >= 4 is 34.8 Å². The van der Waals surface area contributed by atoms with E-state index in [9.17, 15) is 5.11 Å². The molecular formula is C19H22Cl3NO3. The van der Waals surface area contributed by atoms with Gasteiger partial charge in [0.25, 0.3) is 0 Å². The van der Waals surface area contributed by atoms with Gasteiger partial charge >= 0.3 is 0 Å². The number of aliphatic hydroxyl groups excluding tert-OH is 1. The summed E-state index contributed by atoms with van der Waals surface area (Å²) in [7, 11) is 0. The number of rotatable bonds is 9. The molecule has 0 spiro atoms. The smallest absolute Gasteiger partial charge is 0.180 e. The molecule has 0 fully saturated rings. The maximum absolute atomic E-state index is 9.33. The van der Waals surface area contributed by atoms with Gasteiger partial charge in [-0.15, -0.1) is 0 Å². The minimum absolute atomic E-state index is 0.245. The molecule has 4 nitrogen and oxygen atoms in total. The molecule has 142 valence electrons. The number of nitrogens with one attached hydrogen (secondary N) is 1. The van der Waals surface area contributed by atoms with E-state index in [-0.39, 0.29) is 6.61 Å². The van der Waals surface area contributed by atoms with Crippen LogP contribution in [0.4, 0.5) is 0 Å². The third-order valence-electron chi connectivity index (χ3n) is 3.53. The summed E-state index contributed by atoms with van der Waals surface area (Å²) in [6, 6.07) is 8.94. The van der Waals surface area contributed by atoms with Gasteiger partial charge in [-0.05, 0) is 43.7 Å². The minimum Gasteiger partial charge on any atom is -0.490 e. The molecule has 0 aliphatic rings. The first-order valence-corrected chi connectivity index (χ1v) is 9.44. The molecule has 0 aromatic heterocycles. The Kier molecular flexibility index (Phi) is 8.32. The van der Waals surface area contributed by atoms with Gasteiger partial charge in [0.05, 0.1) is 17.7 Å². The summed E-state index contributed by atoms with van der Waals surface area (Å²) in [4.78, 5) is 0. The zero-order valence-corrected chi connectivity index (χ0v) is 17.0. The highest BCUT2D eigenvalue weighted by molar-refractivity contribution is 6.35. The van der Waals surface area contributed by atoms with E-state index in [1.807, 2.05) is 25.1 Å². The van der Waals surface area contributed by atoms with Gasteiger partial charge in [-0.2, -0.15) is 0 Å². The van der Waals surface area contributed by atoms with Crippen LogP contribution in [0.25, 0.3) is 0 Å². The summed E-state index contributed by atoms with van der Waals surface area (Å²) >= 11 is 18.5. The fourth-order valence-corrected chi connectivity index (χ4v) is 3.09. The number of hydrogen-bond acceptors (Lipinski definition) is 4. The van der Waals surface area contributed by atoms with Crippen LogP contribution in [0.1, 0.15) is 25.0 Å². The lowest BCUT2D eigenvalue weighted by Crippen LogP contribution is -2.23. The first kappa shape index (κ1) is 21.1. The topological polar surface area (TPSA) is 50.7 Å². The lowest BCUT2D eigenvalue weighted by molar-refractivity contribution is 0.191. The van der Waals surface area contributed by atoms with E-state index >= 15 is 0 Å². The van der Waals surface area contributed by atoms with Crippen molar-refractivity contribution in [2.45, 2.75) is 33.1 Å². The molecule has 2 rings (SSSR count). The Morgan fingerprint density at radius 2 is 1.85 bits per heavy atom. The SMILES string of the molecule is CCOc1cc(CNC[C@@H](C)O)cc(Cl)c1OCc1ccc(Cl)cc1Cl. The van der Waals surface area contributed by atoms with Gasteiger partial charge in [-0.1, -0.05) is 40.9 Å². The molecular weight excluding hydrogens is 397 g/mol. The molecule has 2 aromatic rings. The van der Waals surface area contributed by atoms with Crippen LogP contribution in [0.3, 0.4) is 0 Å². The summed E-state index contributed by atoms with van der Waals surface area (Å²) in [5, 5.41) is 14.0. The standard InChI is InChI=1S/C19H22Cl3NO3/c1-3-25-18-7-13(10-23-9-12(2)24)6-17(22)19(18)26-11-14-4-5-15(20)8-16(14)21/h4-8,12,23-24H,3,9-11H2,1-2H3/t12-/m1/s1. The molecule has 0 saturated heterocycles. The van der Waals surface area contributed by atoms with E-state index in [1.54, 1.807) is 19.1 Å². The average molecular weight is 419 g/mol. The Hall–Kier alpha value is -1.17. The molecule has 26 heavy (non-hydrogen) atoms. The molecule has 0 aliphatic heterocycles. The van der Waals surface area contributed by atoms with Crippen molar-refractivity contribution in [3.8, 4) is 11.5 Å². The molecule has 2 N–H and O–H groups in total. The molecule has 0 bridgehead atoms.